The Balaban J connectivity index is 0.00000280. The number of aliphatic carboxylic acids is 1. The lowest BCUT2D eigenvalue weighted by Crippen LogP contribution is -2.38. The molecular weight excluding hydrogens is 514 g/mol. The Morgan fingerprint density at radius 2 is 1.50 bits per heavy atom. The molecule has 3 aromatic carbocycles. The van der Waals surface area contributed by atoms with E-state index in [-0.39, 0.29) is 35.2 Å². The van der Waals surface area contributed by atoms with Crippen LogP contribution in [-0.4, -0.2) is 64.5 Å². The average molecular weight is 552 g/mol. The van der Waals surface area contributed by atoms with E-state index in [0.717, 1.165) is 29.7 Å². The first-order valence-electron chi connectivity index (χ1n) is 12.8. The van der Waals surface area contributed by atoms with Crippen molar-refractivity contribution in [2.24, 2.45) is 11.7 Å². The van der Waals surface area contributed by atoms with Crippen molar-refractivity contribution < 1.29 is 35.1 Å². The molecule has 214 valence electrons. The van der Waals surface area contributed by atoms with Crippen molar-refractivity contribution in [2.45, 2.75) is 31.7 Å². The van der Waals surface area contributed by atoms with Crippen LogP contribution >= 0.6 is 0 Å². The molecule has 10 nitrogen and oxygen atoms in total. The molecule has 0 bridgehead atoms. The van der Waals surface area contributed by atoms with Gasteiger partial charge < -0.3 is 36.2 Å². The van der Waals surface area contributed by atoms with Crippen molar-refractivity contribution in [3.05, 3.63) is 84.4 Å². The zero-order chi connectivity index (χ0) is 26.9. The van der Waals surface area contributed by atoms with Crippen LogP contribution in [0.25, 0.3) is 11.1 Å². The highest BCUT2D eigenvalue weighted by Crippen LogP contribution is 2.29. The van der Waals surface area contributed by atoms with E-state index in [1.807, 2.05) is 78.9 Å². The van der Waals surface area contributed by atoms with Gasteiger partial charge in [0.15, 0.2) is 0 Å². The van der Waals surface area contributed by atoms with Crippen LogP contribution in [0.1, 0.15) is 31.2 Å². The number of nitrogens with zero attached hydrogens (tertiary/aromatic N) is 1. The number of carbonyl (C=O) groups is 2. The summed E-state index contributed by atoms with van der Waals surface area (Å²) in [5.41, 5.74) is 8.21. The van der Waals surface area contributed by atoms with Gasteiger partial charge in [0.2, 0.25) is 5.91 Å². The number of carboxylic acids is 1. The average Bonchev–Trinajstić information content (AvgIpc) is 3.21. The van der Waals surface area contributed by atoms with Gasteiger partial charge in [-0.05, 0) is 54.7 Å². The maximum atomic E-state index is 13.0. The number of rotatable bonds is 13. The van der Waals surface area contributed by atoms with Crippen LogP contribution in [-0.2, 0) is 9.59 Å². The number of carbonyl (C=O) groups excluding carboxylic acids is 1. The Labute approximate surface area is 233 Å². The number of amidine groups is 1. The summed E-state index contributed by atoms with van der Waals surface area (Å²) in [4.78, 5) is 26.0. The summed E-state index contributed by atoms with van der Waals surface area (Å²) < 4.78 is 11.8. The molecule has 0 radical (unpaired) electrons. The van der Waals surface area contributed by atoms with E-state index in [0.29, 0.717) is 37.5 Å². The van der Waals surface area contributed by atoms with Crippen LogP contribution in [0.15, 0.2) is 78.9 Å². The van der Waals surface area contributed by atoms with Crippen LogP contribution < -0.4 is 15.2 Å². The monoisotopic (exact) mass is 551 g/mol. The lowest BCUT2D eigenvalue weighted by Gasteiger charge is -2.25. The minimum absolute atomic E-state index is 0. The summed E-state index contributed by atoms with van der Waals surface area (Å²) in [5.74, 6) is -0.0775. The molecule has 1 amide bonds. The number of para-hydroxylation sites is 1. The molecule has 1 aliphatic rings. The number of nitrogens with two attached hydrogens (primary N) is 1. The van der Waals surface area contributed by atoms with Crippen molar-refractivity contribution >= 4 is 17.7 Å². The van der Waals surface area contributed by atoms with Gasteiger partial charge in [0.1, 0.15) is 23.9 Å². The largest absolute Gasteiger partial charge is 0.494 e. The van der Waals surface area contributed by atoms with Gasteiger partial charge in [0.25, 0.3) is 0 Å². The first kappa shape index (κ1) is 31.8. The maximum absolute atomic E-state index is 13.0. The molecule has 4 rings (SSSR count). The summed E-state index contributed by atoms with van der Waals surface area (Å²) in [6.07, 6.45) is 1.84. The molecule has 8 N–H and O–H groups in total. The molecule has 0 aliphatic carbocycles. The van der Waals surface area contributed by atoms with E-state index in [9.17, 15) is 14.7 Å². The van der Waals surface area contributed by atoms with E-state index < -0.39 is 11.9 Å². The molecule has 1 saturated heterocycles. The van der Waals surface area contributed by atoms with E-state index in [4.69, 9.17) is 20.6 Å². The van der Waals surface area contributed by atoms with Gasteiger partial charge in [-0.3, -0.25) is 15.0 Å². The minimum Gasteiger partial charge on any atom is -0.494 e. The highest BCUT2D eigenvalue weighted by molar-refractivity contribution is 5.95. The lowest BCUT2D eigenvalue weighted by molar-refractivity contribution is -0.142. The minimum atomic E-state index is -0.965. The van der Waals surface area contributed by atoms with Crippen LogP contribution in [0.5, 0.6) is 11.5 Å². The number of amides is 1. The normalized spacial score (nSPS) is 16.0. The van der Waals surface area contributed by atoms with Gasteiger partial charge in [0.05, 0.1) is 25.0 Å². The third-order valence-electron chi connectivity index (χ3n) is 6.68. The fourth-order valence-electron chi connectivity index (χ4n) is 4.67. The molecule has 10 heteroatoms. The predicted octanol–water partition coefficient (Wildman–Crippen LogP) is 2.92. The summed E-state index contributed by atoms with van der Waals surface area (Å²) in [5, 5.41) is 16.8. The molecule has 2 atom stereocenters. The molecule has 0 spiro atoms. The third-order valence-corrected chi connectivity index (χ3v) is 6.68. The molecule has 40 heavy (non-hydrogen) atoms. The van der Waals surface area contributed by atoms with Gasteiger partial charge in [-0.2, -0.15) is 0 Å². The van der Waals surface area contributed by atoms with Gasteiger partial charge in [-0.1, -0.05) is 54.6 Å². The van der Waals surface area contributed by atoms with Crippen LogP contribution in [0.2, 0.25) is 0 Å². The van der Waals surface area contributed by atoms with Crippen LogP contribution in [0.4, 0.5) is 0 Å². The fraction of sp³-hybridized carbons (Fsp3) is 0.300. The zero-order valence-corrected chi connectivity index (χ0v) is 22.2. The van der Waals surface area contributed by atoms with E-state index in [2.05, 4.69) is 0 Å². The molecule has 0 aromatic heterocycles. The highest BCUT2D eigenvalue weighted by Gasteiger charge is 2.40. The zero-order valence-electron chi connectivity index (χ0n) is 22.2. The molecule has 3 aromatic rings. The Hall–Kier alpha value is -4.41. The molecular formula is C30H37N3O7. The SMILES string of the molecule is N=C(N)c1ccc(-c2ccc(OC[C@@H]3C[C@@H](CC(=O)O)C(=O)N3CCCCOc3ccccc3)cc2)cc1.O.O. The number of hydrogen-bond acceptors (Lipinski definition) is 5. The standard InChI is InChI=1S/C30H33N3O5.2H2O/c31-29(32)23-10-8-21(9-11-23)22-12-14-27(15-13-22)38-20-25-18-24(19-28(34)35)30(36)33(25)16-4-5-17-37-26-6-2-1-3-7-26;;/h1-3,6-15,24-25H,4-5,16-20H2,(H3,31,32)(H,34,35);2*1H2/t24-,25-;;/m0../s1. The third kappa shape index (κ3) is 8.55. The molecule has 0 unspecified atom stereocenters. The van der Waals surface area contributed by atoms with Gasteiger partial charge in [0, 0.05) is 12.1 Å². The topological polar surface area (TPSA) is 189 Å². The second-order valence-electron chi connectivity index (χ2n) is 9.41. The van der Waals surface area contributed by atoms with Gasteiger partial charge in [-0.15, -0.1) is 0 Å². The number of unbranched alkanes of at least 4 members (excludes halogenated alkanes) is 1. The van der Waals surface area contributed by atoms with Crippen LogP contribution in [0.3, 0.4) is 0 Å². The first-order valence-corrected chi connectivity index (χ1v) is 12.8. The number of hydrogen-bond donors (Lipinski definition) is 3. The number of benzene rings is 3. The second-order valence-corrected chi connectivity index (χ2v) is 9.41. The predicted molar refractivity (Wildman–Crippen MR) is 153 cm³/mol. The van der Waals surface area contributed by atoms with Crippen molar-refractivity contribution in [3.63, 3.8) is 0 Å². The van der Waals surface area contributed by atoms with Crippen molar-refractivity contribution in [1.29, 1.82) is 5.41 Å². The molecule has 1 heterocycles. The summed E-state index contributed by atoms with van der Waals surface area (Å²) in [6, 6.07) is 24.5. The summed E-state index contributed by atoms with van der Waals surface area (Å²) >= 11 is 0. The van der Waals surface area contributed by atoms with Gasteiger partial charge >= 0.3 is 5.97 Å². The number of likely N-dealkylation sites (tertiary alicyclic amines) is 1. The Kier molecular flexibility index (Phi) is 12.1. The van der Waals surface area contributed by atoms with Crippen molar-refractivity contribution in [1.82, 2.24) is 4.90 Å². The fourth-order valence-corrected chi connectivity index (χ4v) is 4.67. The van der Waals surface area contributed by atoms with E-state index in [1.54, 1.807) is 4.90 Å². The molecule has 0 saturated carbocycles. The van der Waals surface area contributed by atoms with Gasteiger partial charge in [-0.25, -0.2) is 0 Å². The number of carboxylic acid groups (broad SMARTS) is 1. The Bertz CT molecular complexity index is 1230. The van der Waals surface area contributed by atoms with Crippen molar-refractivity contribution in [2.75, 3.05) is 19.8 Å². The second kappa shape index (κ2) is 15.2. The Morgan fingerprint density at radius 3 is 2.10 bits per heavy atom. The first-order chi connectivity index (χ1) is 18.4. The smallest absolute Gasteiger partial charge is 0.304 e. The van der Waals surface area contributed by atoms with Crippen LogP contribution in [0, 0.1) is 11.3 Å². The number of ether oxygens (including phenoxy) is 2. The summed E-state index contributed by atoms with van der Waals surface area (Å²) in [6.45, 7) is 1.39. The lowest BCUT2D eigenvalue weighted by atomic mass is 10.0. The maximum Gasteiger partial charge on any atom is 0.304 e. The molecule has 1 fully saturated rings. The quantitative estimate of drug-likeness (QED) is 0.166. The summed E-state index contributed by atoms with van der Waals surface area (Å²) in [7, 11) is 0. The van der Waals surface area contributed by atoms with Crippen molar-refractivity contribution in [3.8, 4) is 22.6 Å². The highest BCUT2D eigenvalue weighted by atomic mass is 16.5. The Morgan fingerprint density at radius 1 is 0.900 bits per heavy atom. The molecule has 1 aliphatic heterocycles. The number of nitrogen functional groups attached to an aromatic ring is 1. The number of nitrogens with one attached hydrogen (secondary N) is 1. The van der Waals surface area contributed by atoms with E-state index in [1.165, 1.54) is 0 Å². The van der Waals surface area contributed by atoms with E-state index >= 15 is 0 Å².